The van der Waals surface area contributed by atoms with Gasteiger partial charge in [0.05, 0.1) is 33.9 Å². The molecule has 17 heavy (non-hydrogen) atoms. The Balaban J connectivity index is 2.64. The standard InChI is InChI=1S/C12H16O5/c1-15-10-4-3-9(8-13)7-11(10)17-6-5-12(14)16-2/h3-4,7,13H,5-6,8H2,1-2H3. The Morgan fingerprint density at radius 1 is 1.29 bits per heavy atom. The number of aliphatic hydroxyl groups is 1. The third kappa shape index (κ3) is 3.96. The Bertz CT molecular complexity index is 375. The van der Waals surface area contributed by atoms with Gasteiger partial charge in [-0.3, -0.25) is 4.79 Å². The van der Waals surface area contributed by atoms with Gasteiger partial charge in [0.15, 0.2) is 11.5 Å². The van der Waals surface area contributed by atoms with Gasteiger partial charge in [-0.1, -0.05) is 6.07 Å². The van der Waals surface area contributed by atoms with Crippen molar-refractivity contribution in [3.63, 3.8) is 0 Å². The molecule has 0 spiro atoms. The van der Waals surface area contributed by atoms with Crippen molar-refractivity contribution in [3.8, 4) is 11.5 Å². The molecule has 0 saturated carbocycles. The topological polar surface area (TPSA) is 65.0 Å². The molecule has 0 aliphatic heterocycles. The lowest BCUT2D eigenvalue weighted by atomic mass is 10.2. The number of carbonyl (C=O) groups is 1. The van der Waals surface area contributed by atoms with E-state index in [1.54, 1.807) is 18.2 Å². The quantitative estimate of drug-likeness (QED) is 0.755. The van der Waals surface area contributed by atoms with E-state index in [2.05, 4.69) is 4.74 Å². The molecule has 5 heteroatoms. The van der Waals surface area contributed by atoms with Crippen LogP contribution in [0.15, 0.2) is 18.2 Å². The first-order valence-electron chi connectivity index (χ1n) is 5.18. The van der Waals surface area contributed by atoms with Crippen molar-refractivity contribution in [1.82, 2.24) is 0 Å². The van der Waals surface area contributed by atoms with E-state index in [1.807, 2.05) is 0 Å². The number of ether oxygens (including phenoxy) is 3. The van der Waals surface area contributed by atoms with E-state index in [9.17, 15) is 4.79 Å². The Hall–Kier alpha value is -1.75. The highest BCUT2D eigenvalue weighted by Crippen LogP contribution is 2.28. The maximum Gasteiger partial charge on any atom is 0.308 e. The fourth-order valence-corrected chi connectivity index (χ4v) is 1.28. The first-order valence-corrected chi connectivity index (χ1v) is 5.18. The van der Waals surface area contributed by atoms with Crippen molar-refractivity contribution in [3.05, 3.63) is 23.8 Å². The van der Waals surface area contributed by atoms with Crippen LogP contribution in [-0.2, 0) is 16.1 Å². The summed E-state index contributed by atoms with van der Waals surface area (Å²) in [5.74, 6) is 0.734. The molecule has 1 aromatic rings. The van der Waals surface area contributed by atoms with Gasteiger partial charge in [0.1, 0.15) is 0 Å². The van der Waals surface area contributed by atoms with Gasteiger partial charge in [-0.05, 0) is 17.7 Å². The van der Waals surface area contributed by atoms with Crippen LogP contribution in [-0.4, -0.2) is 31.9 Å². The van der Waals surface area contributed by atoms with Crippen molar-refractivity contribution >= 4 is 5.97 Å². The molecule has 1 rings (SSSR count). The number of benzene rings is 1. The maximum absolute atomic E-state index is 10.9. The molecule has 1 N–H and O–H groups in total. The molecule has 0 bridgehead atoms. The average Bonchev–Trinajstić information content (AvgIpc) is 2.38. The van der Waals surface area contributed by atoms with Crippen LogP contribution in [0, 0.1) is 0 Å². The van der Waals surface area contributed by atoms with Gasteiger partial charge in [-0.15, -0.1) is 0 Å². The molecule has 0 fully saturated rings. The van der Waals surface area contributed by atoms with Crippen LogP contribution < -0.4 is 9.47 Å². The van der Waals surface area contributed by atoms with E-state index < -0.39 is 0 Å². The molecular formula is C12H16O5. The van der Waals surface area contributed by atoms with E-state index in [-0.39, 0.29) is 25.6 Å². The van der Waals surface area contributed by atoms with Crippen LogP contribution >= 0.6 is 0 Å². The second-order valence-electron chi connectivity index (χ2n) is 3.32. The second-order valence-corrected chi connectivity index (χ2v) is 3.32. The Labute approximate surface area is 99.9 Å². The number of esters is 1. The molecule has 0 aromatic heterocycles. The Kier molecular flexibility index (Phi) is 5.29. The van der Waals surface area contributed by atoms with Crippen LogP contribution in [0.1, 0.15) is 12.0 Å². The monoisotopic (exact) mass is 240 g/mol. The minimum absolute atomic E-state index is 0.0721. The zero-order valence-corrected chi connectivity index (χ0v) is 9.93. The molecule has 94 valence electrons. The predicted molar refractivity (Wildman–Crippen MR) is 61.0 cm³/mol. The number of methoxy groups -OCH3 is 2. The fourth-order valence-electron chi connectivity index (χ4n) is 1.28. The van der Waals surface area contributed by atoms with Crippen LogP contribution in [0.5, 0.6) is 11.5 Å². The lowest BCUT2D eigenvalue weighted by Crippen LogP contribution is -2.08. The number of hydrogen-bond acceptors (Lipinski definition) is 5. The van der Waals surface area contributed by atoms with Gasteiger partial charge in [0.2, 0.25) is 0 Å². The van der Waals surface area contributed by atoms with Crippen molar-refractivity contribution in [2.45, 2.75) is 13.0 Å². The third-order valence-corrected chi connectivity index (χ3v) is 2.20. The molecule has 0 aliphatic rings. The van der Waals surface area contributed by atoms with Crippen molar-refractivity contribution in [2.24, 2.45) is 0 Å². The highest BCUT2D eigenvalue weighted by Gasteiger charge is 2.07. The summed E-state index contributed by atoms with van der Waals surface area (Å²) in [5, 5.41) is 9.01. The summed E-state index contributed by atoms with van der Waals surface area (Å²) in [4.78, 5) is 10.9. The normalized spacial score (nSPS) is 9.82. The second kappa shape index (κ2) is 6.75. The molecule has 0 heterocycles. The zero-order valence-electron chi connectivity index (χ0n) is 9.93. The lowest BCUT2D eigenvalue weighted by Gasteiger charge is -2.11. The maximum atomic E-state index is 10.9. The largest absolute Gasteiger partial charge is 0.493 e. The molecule has 0 unspecified atom stereocenters. The van der Waals surface area contributed by atoms with Gasteiger partial charge in [-0.25, -0.2) is 0 Å². The molecule has 0 saturated heterocycles. The summed E-state index contributed by atoms with van der Waals surface area (Å²) in [7, 11) is 2.86. The highest BCUT2D eigenvalue weighted by atomic mass is 16.5. The molecule has 0 atom stereocenters. The summed E-state index contributed by atoms with van der Waals surface area (Å²) in [6, 6.07) is 5.13. The molecule has 0 amide bonds. The Morgan fingerprint density at radius 3 is 2.65 bits per heavy atom. The molecular weight excluding hydrogens is 224 g/mol. The highest BCUT2D eigenvalue weighted by molar-refractivity contribution is 5.69. The number of hydrogen-bond donors (Lipinski definition) is 1. The summed E-state index contributed by atoms with van der Waals surface area (Å²) in [6.45, 7) is 0.134. The van der Waals surface area contributed by atoms with E-state index in [0.29, 0.717) is 11.5 Å². The van der Waals surface area contributed by atoms with Gasteiger partial charge >= 0.3 is 5.97 Å². The summed E-state index contributed by atoms with van der Waals surface area (Å²) >= 11 is 0. The van der Waals surface area contributed by atoms with E-state index in [4.69, 9.17) is 14.6 Å². The Morgan fingerprint density at radius 2 is 2.06 bits per heavy atom. The SMILES string of the molecule is COC(=O)CCOc1cc(CO)ccc1OC. The van der Waals surface area contributed by atoms with E-state index >= 15 is 0 Å². The molecule has 0 radical (unpaired) electrons. The summed E-state index contributed by atoms with van der Waals surface area (Å²) in [5.41, 5.74) is 0.721. The fraction of sp³-hybridized carbons (Fsp3) is 0.417. The van der Waals surface area contributed by atoms with Crippen LogP contribution in [0.4, 0.5) is 0 Å². The number of aliphatic hydroxyl groups excluding tert-OH is 1. The van der Waals surface area contributed by atoms with Crippen molar-refractivity contribution < 1.29 is 24.1 Å². The molecule has 5 nitrogen and oxygen atoms in total. The average molecular weight is 240 g/mol. The third-order valence-electron chi connectivity index (χ3n) is 2.20. The van der Waals surface area contributed by atoms with Crippen LogP contribution in [0.2, 0.25) is 0 Å². The van der Waals surface area contributed by atoms with Gasteiger partial charge < -0.3 is 19.3 Å². The molecule has 1 aromatic carbocycles. The number of rotatable bonds is 6. The smallest absolute Gasteiger partial charge is 0.308 e. The first kappa shape index (κ1) is 13.3. The van der Waals surface area contributed by atoms with Gasteiger partial charge in [-0.2, -0.15) is 0 Å². The summed E-state index contributed by atoms with van der Waals surface area (Å²) < 4.78 is 15.0. The number of carbonyl (C=O) groups excluding carboxylic acids is 1. The van der Waals surface area contributed by atoms with Gasteiger partial charge in [0, 0.05) is 0 Å². The van der Waals surface area contributed by atoms with Gasteiger partial charge in [0.25, 0.3) is 0 Å². The lowest BCUT2D eigenvalue weighted by molar-refractivity contribution is -0.141. The summed E-state index contributed by atoms with van der Waals surface area (Å²) in [6.07, 6.45) is 0.170. The van der Waals surface area contributed by atoms with Crippen LogP contribution in [0.25, 0.3) is 0 Å². The minimum atomic E-state index is -0.331. The van der Waals surface area contributed by atoms with Crippen LogP contribution in [0.3, 0.4) is 0 Å². The predicted octanol–water partition coefficient (Wildman–Crippen LogP) is 1.13. The first-order chi connectivity index (χ1) is 8.21. The van der Waals surface area contributed by atoms with Crippen molar-refractivity contribution in [2.75, 3.05) is 20.8 Å². The van der Waals surface area contributed by atoms with E-state index in [0.717, 1.165) is 5.56 Å². The minimum Gasteiger partial charge on any atom is -0.493 e. The molecule has 0 aliphatic carbocycles. The van der Waals surface area contributed by atoms with E-state index in [1.165, 1.54) is 14.2 Å². The van der Waals surface area contributed by atoms with Crippen molar-refractivity contribution in [1.29, 1.82) is 0 Å². The zero-order chi connectivity index (χ0) is 12.7.